The molecule has 0 aliphatic rings. The van der Waals surface area contributed by atoms with Gasteiger partial charge in [-0.05, 0) is 55.7 Å². The first-order valence-corrected chi connectivity index (χ1v) is 8.49. The normalized spacial score (nSPS) is 12.1. The van der Waals surface area contributed by atoms with Gasteiger partial charge in [0.25, 0.3) is 5.91 Å². The number of benzene rings is 1. The zero-order valence-corrected chi connectivity index (χ0v) is 14.0. The fourth-order valence-corrected chi connectivity index (χ4v) is 3.44. The van der Waals surface area contributed by atoms with E-state index in [1.807, 2.05) is 43.5 Å². The number of aliphatic hydroxyl groups excluding tert-OH is 1. The van der Waals surface area contributed by atoms with Gasteiger partial charge in [0, 0.05) is 23.6 Å². The zero-order chi connectivity index (χ0) is 15.9. The average Bonchev–Trinajstić information content (AvgIpc) is 3.03. The van der Waals surface area contributed by atoms with Crippen molar-refractivity contribution in [2.45, 2.75) is 32.6 Å². The maximum atomic E-state index is 12.3. The largest absolute Gasteiger partial charge is 0.396 e. The van der Waals surface area contributed by atoms with E-state index in [-0.39, 0.29) is 12.5 Å². The van der Waals surface area contributed by atoms with Crippen LogP contribution in [0.4, 0.5) is 0 Å². The second-order valence-corrected chi connectivity index (χ2v) is 6.57. The van der Waals surface area contributed by atoms with Gasteiger partial charge in [-0.25, -0.2) is 0 Å². The van der Waals surface area contributed by atoms with Crippen LogP contribution in [-0.4, -0.2) is 24.2 Å². The summed E-state index contributed by atoms with van der Waals surface area (Å²) in [6.45, 7) is 4.74. The third kappa shape index (κ3) is 4.42. The van der Waals surface area contributed by atoms with Crippen molar-refractivity contribution >= 4 is 17.2 Å². The summed E-state index contributed by atoms with van der Waals surface area (Å²) in [4.78, 5) is 13.6. The number of hydrogen-bond donors (Lipinski definition) is 2. The lowest BCUT2D eigenvalue weighted by Gasteiger charge is -2.15. The molecular weight excluding hydrogens is 294 g/mol. The molecule has 1 atom stereocenters. The van der Waals surface area contributed by atoms with Crippen molar-refractivity contribution in [1.82, 2.24) is 5.32 Å². The summed E-state index contributed by atoms with van der Waals surface area (Å²) in [5, 5.41) is 14.3. The van der Waals surface area contributed by atoms with E-state index in [1.165, 1.54) is 4.88 Å². The van der Waals surface area contributed by atoms with Crippen LogP contribution in [0.5, 0.6) is 0 Å². The van der Waals surface area contributed by atoms with Crippen molar-refractivity contribution in [3.63, 3.8) is 0 Å². The standard InChI is InChI=1S/C18H23NO2S/c1-13-5-6-14(2)16(12-13)18(21)19-9-7-15(8-10-20)17-4-3-11-22-17/h3-6,11-12,15,20H,7-10H2,1-2H3,(H,19,21)/t15-/m1/s1. The van der Waals surface area contributed by atoms with E-state index in [2.05, 4.69) is 11.4 Å². The summed E-state index contributed by atoms with van der Waals surface area (Å²) in [6, 6.07) is 10.0. The molecule has 0 radical (unpaired) electrons. The van der Waals surface area contributed by atoms with Crippen LogP contribution in [0.1, 0.15) is 45.1 Å². The Balaban J connectivity index is 1.91. The van der Waals surface area contributed by atoms with Crippen LogP contribution in [0.3, 0.4) is 0 Å². The Morgan fingerprint density at radius 3 is 2.77 bits per heavy atom. The monoisotopic (exact) mass is 317 g/mol. The smallest absolute Gasteiger partial charge is 0.251 e. The Kier molecular flexibility index (Phi) is 6.16. The van der Waals surface area contributed by atoms with E-state index in [4.69, 9.17) is 0 Å². The number of nitrogens with one attached hydrogen (secondary N) is 1. The third-order valence-electron chi connectivity index (χ3n) is 3.84. The lowest BCUT2D eigenvalue weighted by Crippen LogP contribution is -2.26. The molecule has 4 heteroatoms. The van der Waals surface area contributed by atoms with E-state index in [0.717, 1.165) is 29.5 Å². The van der Waals surface area contributed by atoms with Crippen molar-refractivity contribution < 1.29 is 9.90 Å². The summed E-state index contributed by atoms with van der Waals surface area (Å²) >= 11 is 1.71. The van der Waals surface area contributed by atoms with E-state index in [0.29, 0.717) is 12.5 Å². The SMILES string of the molecule is Cc1ccc(C)c(C(=O)NCC[C@H](CCO)c2cccs2)c1. The van der Waals surface area contributed by atoms with Crippen molar-refractivity contribution in [2.24, 2.45) is 0 Å². The lowest BCUT2D eigenvalue weighted by atomic mass is 9.99. The first-order chi connectivity index (χ1) is 10.6. The van der Waals surface area contributed by atoms with Crippen LogP contribution in [-0.2, 0) is 0 Å². The molecule has 118 valence electrons. The molecule has 0 aliphatic heterocycles. The molecular formula is C18H23NO2S. The van der Waals surface area contributed by atoms with Gasteiger partial charge in [0.1, 0.15) is 0 Å². The highest BCUT2D eigenvalue weighted by molar-refractivity contribution is 7.10. The van der Waals surface area contributed by atoms with E-state index < -0.39 is 0 Å². The van der Waals surface area contributed by atoms with Crippen molar-refractivity contribution in [3.8, 4) is 0 Å². The number of hydrogen-bond acceptors (Lipinski definition) is 3. The molecule has 0 aliphatic carbocycles. The highest BCUT2D eigenvalue weighted by atomic mass is 32.1. The zero-order valence-electron chi connectivity index (χ0n) is 13.1. The summed E-state index contributed by atoms with van der Waals surface area (Å²) in [7, 11) is 0. The van der Waals surface area contributed by atoms with Gasteiger partial charge in [-0.3, -0.25) is 4.79 Å². The Labute approximate surface area is 136 Å². The minimum Gasteiger partial charge on any atom is -0.396 e. The molecule has 2 aromatic rings. The first-order valence-electron chi connectivity index (χ1n) is 7.61. The van der Waals surface area contributed by atoms with E-state index >= 15 is 0 Å². The van der Waals surface area contributed by atoms with Gasteiger partial charge >= 0.3 is 0 Å². The molecule has 1 aromatic carbocycles. The second kappa shape index (κ2) is 8.11. The molecule has 0 spiro atoms. The third-order valence-corrected chi connectivity index (χ3v) is 4.87. The molecule has 22 heavy (non-hydrogen) atoms. The summed E-state index contributed by atoms with van der Waals surface area (Å²) < 4.78 is 0. The fraction of sp³-hybridized carbons (Fsp3) is 0.389. The quantitative estimate of drug-likeness (QED) is 0.819. The van der Waals surface area contributed by atoms with Crippen LogP contribution in [0.15, 0.2) is 35.7 Å². The predicted octanol–water partition coefficient (Wildman–Crippen LogP) is 3.65. The molecule has 3 nitrogen and oxygen atoms in total. The van der Waals surface area contributed by atoms with Gasteiger partial charge in [0.05, 0.1) is 0 Å². The Bertz CT molecular complexity index is 608. The lowest BCUT2D eigenvalue weighted by molar-refractivity contribution is 0.0951. The summed E-state index contributed by atoms with van der Waals surface area (Å²) in [5.41, 5.74) is 2.83. The molecule has 0 bridgehead atoms. The maximum absolute atomic E-state index is 12.3. The number of rotatable bonds is 7. The van der Waals surface area contributed by atoms with Gasteiger partial charge in [-0.15, -0.1) is 11.3 Å². The van der Waals surface area contributed by atoms with E-state index in [9.17, 15) is 9.90 Å². The molecule has 1 heterocycles. The number of thiophene rings is 1. The number of carbonyl (C=O) groups excluding carboxylic acids is 1. The fourth-order valence-electron chi connectivity index (χ4n) is 2.54. The molecule has 2 N–H and O–H groups in total. The first kappa shape index (κ1) is 16.7. The number of carbonyl (C=O) groups is 1. The van der Waals surface area contributed by atoms with Gasteiger partial charge in [0.15, 0.2) is 0 Å². The van der Waals surface area contributed by atoms with Crippen LogP contribution in [0.2, 0.25) is 0 Å². The highest BCUT2D eigenvalue weighted by Gasteiger charge is 2.14. The average molecular weight is 317 g/mol. The van der Waals surface area contributed by atoms with Crippen molar-refractivity contribution in [3.05, 3.63) is 57.3 Å². The minimum atomic E-state index is -0.0184. The second-order valence-electron chi connectivity index (χ2n) is 5.59. The molecule has 0 saturated carbocycles. The van der Waals surface area contributed by atoms with Crippen LogP contribution < -0.4 is 5.32 Å². The number of aryl methyl sites for hydroxylation is 2. The van der Waals surface area contributed by atoms with Gasteiger partial charge < -0.3 is 10.4 Å². The minimum absolute atomic E-state index is 0.0184. The molecule has 0 unspecified atom stereocenters. The van der Waals surface area contributed by atoms with Crippen LogP contribution in [0, 0.1) is 13.8 Å². The molecule has 1 amide bonds. The van der Waals surface area contributed by atoms with Crippen molar-refractivity contribution in [1.29, 1.82) is 0 Å². The molecule has 0 fully saturated rings. The van der Waals surface area contributed by atoms with E-state index in [1.54, 1.807) is 11.3 Å². The van der Waals surface area contributed by atoms with Crippen molar-refractivity contribution in [2.75, 3.05) is 13.2 Å². The van der Waals surface area contributed by atoms with Crippen LogP contribution >= 0.6 is 11.3 Å². The Hall–Kier alpha value is -1.65. The maximum Gasteiger partial charge on any atom is 0.251 e. The summed E-state index contributed by atoms with van der Waals surface area (Å²) in [5.74, 6) is 0.291. The van der Waals surface area contributed by atoms with Gasteiger partial charge in [-0.1, -0.05) is 23.8 Å². The number of amides is 1. The molecule has 0 saturated heterocycles. The number of aliphatic hydroxyl groups is 1. The van der Waals surface area contributed by atoms with Gasteiger partial charge in [0.2, 0.25) is 0 Å². The highest BCUT2D eigenvalue weighted by Crippen LogP contribution is 2.26. The topological polar surface area (TPSA) is 49.3 Å². The Morgan fingerprint density at radius 1 is 1.27 bits per heavy atom. The Morgan fingerprint density at radius 2 is 2.09 bits per heavy atom. The predicted molar refractivity (Wildman–Crippen MR) is 91.6 cm³/mol. The molecule has 2 rings (SSSR count). The molecule has 1 aromatic heterocycles. The van der Waals surface area contributed by atoms with Crippen LogP contribution in [0.25, 0.3) is 0 Å². The van der Waals surface area contributed by atoms with Gasteiger partial charge in [-0.2, -0.15) is 0 Å². The summed E-state index contributed by atoms with van der Waals surface area (Å²) in [6.07, 6.45) is 1.58.